The molecule has 0 bridgehead atoms. The van der Waals surface area contributed by atoms with E-state index in [1.54, 1.807) is 13.2 Å². The number of pyridine rings is 1. The van der Waals surface area contributed by atoms with E-state index >= 15 is 0 Å². The molecule has 2 amide bonds. The van der Waals surface area contributed by atoms with E-state index in [0.29, 0.717) is 17.1 Å². The van der Waals surface area contributed by atoms with Crippen molar-refractivity contribution in [3.63, 3.8) is 0 Å². The van der Waals surface area contributed by atoms with Gasteiger partial charge in [-0.25, -0.2) is 9.78 Å². The molecule has 2 aromatic carbocycles. The van der Waals surface area contributed by atoms with Gasteiger partial charge >= 0.3 is 6.03 Å². The third kappa shape index (κ3) is 4.41. The van der Waals surface area contributed by atoms with Crippen LogP contribution in [0.1, 0.15) is 5.56 Å². The Kier molecular flexibility index (Phi) is 5.48. The standard InChI is InChI=1S/C22H24N4O3/c1-15-12-21(26-8-10-29-11-9-26)25-20-7-6-17(14-19(15)20)24-22(27)23-16-4-3-5-18(13-16)28-2/h3-7,12-14H,8-11H2,1-2H3,(H2,23,24,27). The van der Waals surface area contributed by atoms with E-state index in [1.807, 2.05) is 36.4 Å². The zero-order valence-electron chi connectivity index (χ0n) is 16.6. The molecule has 0 radical (unpaired) electrons. The number of aromatic nitrogens is 1. The largest absolute Gasteiger partial charge is 0.497 e. The molecule has 0 spiro atoms. The summed E-state index contributed by atoms with van der Waals surface area (Å²) in [5, 5.41) is 6.71. The van der Waals surface area contributed by atoms with Crippen molar-refractivity contribution in [2.75, 3.05) is 48.9 Å². The van der Waals surface area contributed by atoms with Crippen LogP contribution in [-0.4, -0.2) is 44.4 Å². The number of benzene rings is 2. The number of fused-ring (bicyclic) bond motifs is 1. The van der Waals surface area contributed by atoms with Crippen molar-refractivity contribution in [3.8, 4) is 5.75 Å². The van der Waals surface area contributed by atoms with E-state index in [9.17, 15) is 4.79 Å². The number of aryl methyl sites for hydroxylation is 1. The van der Waals surface area contributed by atoms with E-state index in [4.69, 9.17) is 14.5 Å². The molecule has 1 aliphatic heterocycles. The van der Waals surface area contributed by atoms with E-state index in [2.05, 4.69) is 28.5 Å². The van der Waals surface area contributed by atoms with Crippen molar-refractivity contribution in [1.82, 2.24) is 4.98 Å². The number of hydrogen-bond donors (Lipinski definition) is 2. The van der Waals surface area contributed by atoms with Crippen molar-refractivity contribution in [2.45, 2.75) is 6.92 Å². The second-order valence-corrected chi connectivity index (χ2v) is 6.94. The Morgan fingerprint density at radius 1 is 1.07 bits per heavy atom. The Morgan fingerprint density at radius 2 is 1.83 bits per heavy atom. The molecule has 0 unspecified atom stereocenters. The van der Waals surface area contributed by atoms with Crippen LogP contribution in [0.2, 0.25) is 0 Å². The maximum absolute atomic E-state index is 12.4. The number of amides is 2. The molecule has 1 aromatic heterocycles. The quantitative estimate of drug-likeness (QED) is 0.701. The minimum absolute atomic E-state index is 0.312. The van der Waals surface area contributed by atoms with Gasteiger partial charge in [-0.2, -0.15) is 0 Å². The number of nitrogens with one attached hydrogen (secondary N) is 2. The van der Waals surface area contributed by atoms with Crippen LogP contribution in [0.4, 0.5) is 22.0 Å². The highest BCUT2D eigenvalue weighted by Crippen LogP contribution is 2.26. The minimum Gasteiger partial charge on any atom is -0.497 e. The zero-order valence-corrected chi connectivity index (χ0v) is 16.6. The summed E-state index contributed by atoms with van der Waals surface area (Å²) in [5.41, 5.74) is 3.40. The van der Waals surface area contributed by atoms with Crippen molar-refractivity contribution in [2.24, 2.45) is 0 Å². The second-order valence-electron chi connectivity index (χ2n) is 6.94. The van der Waals surface area contributed by atoms with Gasteiger partial charge in [-0.3, -0.25) is 0 Å². The molecule has 4 rings (SSSR count). The van der Waals surface area contributed by atoms with Crippen LogP contribution in [0.25, 0.3) is 10.9 Å². The number of anilines is 3. The Bertz CT molecular complexity index is 1030. The average molecular weight is 392 g/mol. The lowest BCUT2D eigenvalue weighted by Crippen LogP contribution is -2.36. The second kappa shape index (κ2) is 8.36. The fourth-order valence-corrected chi connectivity index (χ4v) is 3.40. The first-order valence-electron chi connectivity index (χ1n) is 9.58. The fraction of sp³-hybridized carbons (Fsp3) is 0.273. The lowest BCUT2D eigenvalue weighted by molar-refractivity contribution is 0.122. The average Bonchev–Trinajstić information content (AvgIpc) is 2.74. The summed E-state index contributed by atoms with van der Waals surface area (Å²) in [4.78, 5) is 19.4. The van der Waals surface area contributed by atoms with Gasteiger partial charge in [-0.15, -0.1) is 0 Å². The molecule has 0 aliphatic carbocycles. The lowest BCUT2D eigenvalue weighted by Gasteiger charge is -2.28. The molecule has 0 saturated carbocycles. The van der Waals surface area contributed by atoms with Gasteiger partial charge in [0.1, 0.15) is 11.6 Å². The van der Waals surface area contributed by atoms with Gasteiger partial charge in [-0.1, -0.05) is 6.07 Å². The molecule has 2 heterocycles. The predicted octanol–water partition coefficient (Wildman–Crippen LogP) is 4.03. The highest BCUT2D eigenvalue weighted by molar-refractivity contribution is 6.01. The molecule has 29 heavy (non-hydrogen) atoms. The number of carbonyl (C=O) groups is 1. The molecule has 1 aliphatic rings. The number of nitrogens with zero attached hydrogens (tertiary/aromatic N) is 2. The van der Waals surface area contributed by atoms with Gasteiger partial charge in [0.15, 0.2) is 0 Å². The third-order valence-corrected chi connectivity index (χ3v) is 4.92. The number of rotatable bonds is 4. The van der Waals surface area contributed by atoms with Crippen molar-refractivity contribution < 1.29 is 14.3 Å². The first kappa shape index (κ1) is 19.0. The SMILES string of the molecule is COc1cccc(NC(=O)Nc2ccc3nc(N4CCOCC4)cc(C)c3c2)c1. The van der Waals surface area contributed by atoms with Crippen molar-refractivity contribution >= 4 is 34.1 Å². The normalized spacial score (nSPS) is 13.9. The van der Waals surface area contributed by atoms with Gasteiger partial charge in [0.2, 0.25) is 0 Å². The van der Waals surface area contributed by atoms with Crippen LogP contribution in [0.5, 0.6) is 5.75 Å². The van der Waals surface area contributed by atoms with E-state index in [-0.39, 0.29) is 6.03 Å². The van der Waals surface area contributed by atoms with Gasteiger partial charge in [0.05, 0.1) is 25.8 Å². The molecule has 0 atom stereocenters. The van der Waals surface area contributed by atoms with Crippen LogP contribution in [0, 0.1) is 6.92 Å². The molecule has 1 saturated heterocycles. The summed E-state index contributed by atoms with van der Waals surface area (Å²) in [7, 11) is 1.59. The molecular formula is C22H24N4O3. The molecule has 7 nitrogen and oxygen atoms in total. The molecule has 7 heteroatoms. The summed E-state index contributed by atoms with van der Waals surface area (Å²) >= 11 is 0. The van der Waals surface area contributed by atoms with Gasteiger partial charge in [-0.05, 0) is 48.9 Å². The topological polar surface area (TPSA) is 75.7 Å². The molecule has 1 fully saturated rings. The van der Waals surface area contributed by atoms with E-state index in [0.717, 1.165) is 48.6 Å². The monoisotopic (exact) mass is 392 g/mol. The van der Waals surface area contributed by atoms with Crippen LogP contribution in [0.15, 0.2) is 48.5 Å². The van der Waals surface area contributed by atoms with E-state index < -0.39 is 0 Å². The smallest absolute Gasteiger partial charge is 0.323 e. The predicted molar refractivity (Wildman–Crippen MR) is 115 cm³/mol. The Balaban J connectivity index is 1.50. The van der Waals surface area contributed by atoms with Gasteiger partial charge in [0, 0.05) is 35.9 Å². The lowest BCUT2D eigenvalue weighted by atomic mass is 10.1. The van der Waals surface area contributed by atoms with Crippen molar-refractivity contribution in [1.29, 1.82) is 0 Å². The number of urea groups is 1. The molecular weight excluding hydrogens is 368 g/mol. The molecule has 2 N–H and O–H groups in total. The number of carbonyl (C=O) groups excluding carboxylic acids is 1. The summed E-state index contributed by atoms with van der Waals surface area (Å²) in [5.74, 6) is 1.65. The Hall–Kier alpha value is -3.32. The van der Waals surface area contributed by atoms with Crippen LogP contribution >= 0.6 is 0 Å². The third-order valence-electron chi connectivity index (χ3n) is 4.92. The summed E-state index contributed by atoms with van der Waals surface area (Å²) in [6, 6.07) is 14.8. The zero-order chi connectivity index (χ0) is 20.2. The van der Waals surface area contributed by atoms with Gasteiger partial charge < -0.3 is 25.0 Å². The fourth-order valence-electron chi connectivity index (χ4n) is 3.40. The first-order chi connectivity index (χ1) is 14.1. The highest BCUT2D eigenvalue weighted by Gasteiger charge is 2.14. The first-order valence-corrected chi connectivity index (χ1v) is 9.58. The number of hydrogen-bond acceptors (Lipinski definition) is 5. The highest BCUT2D eigenvalue weighted by atomic mass is 16.5. The van der Waals surface area contributed by atoms with Crippen LogP contribution in [-0.2, 0) is 4.74 Å². The summed E-state index contributed by atoms with van der Waals surface area (Å²) in [6.07, 6.45) is 0. The Morgan fingerprint density at radius 3 is 2.59 bits per heavy atom. The molecule has 3 aromatic rings. The number of methoxy groups -OCH3 is 1. The maximum Gasteiger partial charge on any atom is 0.323 e. The molecule has 150 valence electrons. The Labute approximate surface area is 169 Å². The van der Waals surface area contributed by atoms with E-state index in [1.165, 1.54) is 0 Å². The minimum atomic E-state index is -0.312. The number of ether oxygens (including phenoxy) is 2. The summed E-state index contributed by atoms with van der Waals surface area (Å²) in [6.45, 7) is 5.21. The summed E-state index contributed by atoms with van der Waals surface area (Å²) < 4.78 is 10.6. The maximum atomic E-state index is 12.4. The van der Waals surface area contributed by atoms with Crippen molar-refractivity contribution in [3.05, 3.63) is 54.1 Å². The number of morpholine rings is 1. The van der Waals surface area contributed by atoms with Gasteiger partial charge in [0.25, 0.3) is 0 Å². The van der Waals surface area contributed by atoms with Crippen LogP contribution < -0.4 is 20.3 Å². The van der Waals surface area contributed by atoms with Crippen LogP contribution in [0.3, 0.4) is 0 Å².